The summed E-state index contributed by atoms with van der Waals surface area (Å²) in [4.78, 5) is 15.7. The molecule has 0 saturated heterocycles. The second-order valence-electron chi connectivity index (χ2n) is 4.97. The quantitative estimate of drug-likeness (QED) is 0.823. The number of anilines is 1. The molecule has 0 unspecified atom stereocenters. The molecule has 1 aromatic carbocycles. The van der Waals surface area contributed by atoms with Gasteiger partial charge in [0.15, 0.2) is 0 Å². The average Bonchev–Trinajstić information content (AvgIpc) is 2.54. The van der Waals surface area contributed by atoms with Crippen LogP contribution in [-0.4, -0.2) is 22.6 Å². The van der Waals surface area contributed by atoms with Crippen LogP contribution in [0, 0.1) is 5.82 Å². The summed E-state index contributed by atoms with van der Waals surface area (Å²) in [6, 6.07) is 6.46. The van der Waals surface area contributed by atoms with Gasteiger partial charge >= 0.3 is 0 Å². The van der Waals surface area contributed by atoms with E-state index in [0.717, 1.165) is 6.20 Å². The Labute approximate surface area is 134 Å². The van der Waals surface area contributed by atoms with Crippen LogP contribution in [0.25, 0.3) is 0 Å². The normalized spacial score (nSPS) is 10.4. The highest BCUT2D eigenvalue weighted by molar-refractivity contribution is 5.91. The molecule has 1 aromatic heterocycles. The standard InChI is InChI=1S/C17H19FN2O3/c1-2-23-16-5-4-15(8-13(16)11-21)20-17(22)6-3-12-7-14(18)10-19-9-12/h4-5,7-10,21H,2-3,6,11H2,1H3,(H,20,22). The van der Waals surface area contributed by atoms with Crippen molar-refractivity contribution < 1.29 is 19.0 Å². The first-order valence-corrected chi connectivity index (χ1v) is 7.38. The summed E-state index contributed by atoms with van der Waals surface area (Å²) in [7, 11) is 0. The van der Waals surface area contributed by atoms with Crippen LogP contribution < -0.4 is 10.1 Å². The van der Waals surface area contributed by atoms with Crippen molar-refractivity contribution >= 4 is 11.6 Å². The van der Waals surface area contributed by atoms with Gasteiger partial charge in [0.2, 0.25) is 5.91 Å². The van der Waals surface area contributed by atoms with Gasteiger partial charge in [-0.05, 0) is 43.2 Å². The number of ether oxygens (including phenoxy) is 1. The molecule has 1 amide bonds. The number of rotatable bonds is 7. The van der Waals surface area contributed by atoms with E-state index < -0.39 is 5.82 Å². The van der Waals surface area contributed by atoms with Crippen molar-refractivity contribution in [2.24, 2.45) is 0 Å². The van der Waals surface area contributed by atoms with Crippen LogP contribution >= 0.6 is 0 Å². The van der Waals surface area contributed by atoms with Crippen LogP contribution in [0.1, 0.15) is 24.5 Å². The molecule has 122 valence electrons. The van der Waals surface area contributed by atoms with Gasteiger partial charge in [0.05, 0.1) is 19.4 Å². The second-order valence-corrected chi connectivity index (χ2v) is 4.97. The lowest BCUT2D eigenvalue weighted by molar-refractivity contribution is -0.116. The third-order valence-corrected chi connectivity index (χ3v) is 3.22. The summed E-state index contributed by atoms with van der Waals surface area (Å²) >= 11 is 0. The van der Waals surface area contributed by atoms with Crippen LogP contribution in [-0.2, 0) is 17.8 Å². The summed E-state index contributed by atoms with van der Waals surface area (Å²) in [6.45, 7) is 2.19. The Balaban J connectivity index is 1.94. The Bertz CT molecular complexity index is 677. The predicted molar refractivity (Wildman–Crippen MR) is 84.7 cm³/mol. The molecule has 23 heavy (non-hydrogen) atoms. The van der Waals surface area contributed by atoms with Gasteiger partial charge in [-0.2, -0.15) is 0 Å². The van der Waals surface area contributed by atoms with Gasteiger partial charge < -0.3 is 15.2 Å². The Hall–Kier alpha value is -2.47. The summed E-state index contributed by atoms with van der Waals surface area (Å²) in [5.74, 6) is -0.0110. The van der Waals surface area contributed by atoms with E-state index in [1.165, 1.54) is 12.3 Å². The molecule has 0 aliphatic heterocycles. The largest absolute Gasteiger partial charge is 0.494 e. The van der Waals surface area contributed by atoms with Gasteiger partial charge in [0.1, 0.15) is 11.6 Å². The lowest BCUT2D eigenvalue weighted by atomic mass is 10.1. The van der Waals surface area contributed by atoms with Gasteiger partial charge in [0.25, 0.3) is 0 Å². The molecule has 2 rings (SSSR count). The summed E-state index contributed by atoms with van der Waals surface area (Å²) in [6.07, 6.45) is 3.28. The molecule has 0 aliphatic carbocycles. The lowest BCUT2D eigenvalue weighted by Crippen LogP contribution is -2.13. The fourth-order valence-corrected chi connectivity index (χ4v) is 2.15. The van der Waals surface area contributed by atoms with Gasteiger partial charge in [-0.1, -0.05) is 0 Å². The molecule has 0 atom stereocenters. The smallest absolute Gasteiger partial charge is 0.224 e. The summed E-state index contributed by atoms with van der Waals surface area (Å²) < 4.78 is 18.4. The molecule has 0 saturated carbocycles. The summed E-state index contributed by atoms with van der Waals surface area (Å²) in [5.41, 5.74) is 1.86. The Morgan fingerprint density at radius 2 is 2.17 bits per heavy atom. The topological polar surface area (TPSA) is 71.5 Å². The Morgan fingerprint density at radius 3 is 2.87 bits per heavy atom. The number of nitrogens with one attached hydrogen (secondary N) is 1. The molecule has 0 fully saturated rings. The van der Waals surface area contributed by atoms with E-state index >= 15 is 0 Å². The van der Waals surface area contributed by atoms with Crippen molar-refractivity contribution in [1.82, 2.24) is 4.98 Å². The summed E-state index contributed by atoms with van der Waals surface area (Å²) in [5, 5.41) is 12.1. The van der Waals surface area contributed by atoms with Crippen LogP contribution in [0.2, 0.25) is 0 Å². The van der Waals surface area contributed by atoms with Crippen molar-refractivity contribution in [3.63, 3.8) is 0 Å². The van der Waals surface area contributed by atoms with Gasteiger partial charge in [-0.15, -0.1) is 0 Å². The Kier molecular flexibility index (Phi) is 6.05. The second kappa shape index (κ2) is 8.24. The molecule has 6 heteroatoms. The minimum atomic E-state index is -0.415. The molecule has 0 spiro atoms. The highest BCUT2D eigenvalue weighted by Crippen LogP contribution is 2.23. The average molecular weight is 318 g/mol. The number of amides is 1. The fraction of sp³-hybridized carbons (Fsp3) is 0.294. The molecule has 1 heterocycles. The van der Waals surface area contributed by atoms with E-state index in [1.54, 1.807) is 18.2 Å². The van der Waals surface area contributed by atoms with Crippen LogP contribution in [0.15, 0.2) is 36.7 Å². The maximum Gasteiger partial charge on any atom is 0.224 e. The number of hydrogen-bond donors (Lipinski definition) is 2. The number of halogens is 1. The molecular weight excluding hydrogens is 299 g/mol. The van der Waals surface area contributed by atoms with Crippen molar-refractivity contribution in [3.05, 3.63) is 53.6 Å². The minimum Gasteiger partial charge on any atom is -0.494 e. The van der Waals surface area contributed by atoms with E-state index in [2.05, 4.69) is 10.3 Å². The monoisotopic (exact) mass is 318 g/mol. The zero-order chi connectivity index (χ0) is 16.7. The van der Waals surface area contributed by atoms with Gasteiger partial charge in [0, 0.05) is 23.9 Å². The SMILES string of the molecule is CCOc1ccc(NC(=O)CCc2cncc(F)c2)cc1CO. The number of pyridine rings is 1. The third kappa shape index (κ3) is 5.03. The van der Waals surface area contributed by atoms with Crippen LogP contribution in [0.3, 0.4) is 0 Å². The molecular formula is C17H19FN2O3. The van der Waals surface area contributed by atoms with Gasteiger partial charge in [-0.25, -0.2) is 4.39 Å². The lowest BCUT2D eigenvalue weighted by Gasteiger charge is -2.11. The van der Waals surface area contributed by atoms with E-state index in [1.807, 2.05) is 6.92 Å². The molecule has 0 aliphatic rings. The number of benzene rings is 1. The van der Waals surface area contributed by atoms with Crippen molar-refractivity contribution in [2.75, 3.05) is 11.9 Å². The van der Waals surface area contributed by atoms with Gasteiger partial charge in [-0.3, -0.25) is 9.78 Å². The zero-order valence-corrected chi connectivity index (χ0v) is 12.9. The maximum absolute atomic E-state index is 13.0. The number of aliphatic hydroxyl groups excluding tert-OH is 1. The molecule has 0 bridgehead atoms. The molecule has 2 aromatic rings. The first-order valence-electron chi connectivity index (χ1n) is 7.38. The first kappa shape index (κ1) is 16.9. The van der Waals surface area contributed by atoms with Crippen LogP contribution in [0.4, 0.5) is 10.1 Å². The Morgan fingerprint density at radius 1 is 1.35 bits per heavy atom. The zero-order valence-electron chi connectivity index (χ0n) is 12.9. The number of carbonyl (C=O) groups excluding carboxylic acids is 1. The van der Waals surface area contributed by atoms with E-state index in [4.69, 9.17) is 4.74 Å². The van der Waals surface area contributed by atoms with Crippen LogP contribution in [0.5, 0.6) is 5.75 Å². The highest BCUT2D eigenvalue weighted by Gasteiger charge is 2.08. The van der Waals surface area contributed by atoms with Crippen molar-refractivity contribution in [3.8, 4) is 5.75 Å². The first-order chi connectivity index (χ1) is 11.1. The number of aliphatic hydroxyl groups is 1. The fourth-order valence-electron chi connectivity index (χ4n) is 2.15. The number of hydrogen-bond acceptors (Lipinski definition) is 4. The number of carbonyl (C=O) groups is 1. The molecule has 2 N–H and O–H groups in total. The number of aromatic nitrogens is 1. The molecule has 0 radical (unpaired) electrons. The number of nitrogens with zero attached hydrogens (tertiary/aromatic N) is 1. The minimum absolute atomic E-state index is 0.173. The van der Waals surface area contributed by atoms with E-state index in [-0.39, 0.29) is 18.9 Å². The molecule has 5 nitrogen and oxygen atoms in total. The maximum atomic E-state index is 13.0. The highest BCUT2D eigenvalue weighted by atomic mass is 19.1. The van der Waals surface area contributed by atoms with E-state index in [0.29, 0.717) is 35.6 Å². The number of aryl methyl sites for hydroxylation is 1. The predicted octanol–water partition coefficient (Wildman–Crippen LogP) is 2.68. The van der Waals surface area contributed by atoms with E-state index in [9.17, 15) is 14.3 Å². The van der Waals surface area contributed by atoms with Crippen molar-refractivity contribution in [1.29, 1.82) is 0 Å². The third-order valence-electron chi connectivity index (χ3n) is 3.22. The van der Waals surface area contributed by atoms with Crippen molar-refractivity contribution in [2.45, 2.75) is 26.4 Å².